The molecule has 34 heavy (non-hydrogen) atoms. The molecule has 1 N–H and O–H groups in total. The molecule has 2 unspecified atom stereocenters. The number of guanidine groups is 1. The molecule has 0 aromatic carbocycles. The maximum atomic E-state index is 13.1. The molecule has 1 saturated carbocycles. The van der Waals surface area contributed by atoms with Gasteiger partial charge >= 0.3 is 6.18 Å². The van der Waals surface area contributed by atoms with E-state index in [1.54, 1.807) is 13.1 Å². The minimum absolute atomic E-state index is 0.119. The minimum Gasteiger partial charge on any atom is -0.479 e. The van der Waals surface area contributed by atoms with Gasteiger partial charge < -0.3 is 19.5 Å². The number of allylic oxidation sites excluding steroid dienone is 4. The third-order valence-corrected chi connectivity index (χ3v) is 7.11. The number of aryl methyl sites for hydroxylation is 1. The van der Waals surface area contributed by atoms with Gasteiger partial charge in [0.1, 0.15) is 5.76 Å². The third-order valence-electron chi connectivity index (χ3n) is 7.11. The number of anilines is 1. The SMILES string of the molecule is CC[C@@H]1C2CN(c3cc(C)no3)C[C@H]2[C@@H]1NC(=NC)N=C1C(O[C@H](C)C(F)(F)F)=CC=CC1C. The third kappa shape index (κ3) is 4.72. The number of fused-ring (bicyclic) bond motifs is 1. The van der Waals surface area contributed by atoms with Crippen LogP contribution in [0.15, 0.2) is 44.6 Å². The van der Waals surface area contributed by atoms with Crippen LogP contribution in [-0.4, -0.2) is 55.3 Å². The van der Waals surface area contributed by atoms with E-state index in [0.29, 0.717) is 29.4 Å². The second-order valence-corrected chi connectivity index (χ2v) is 9.33. The number of nitrogens with one attached hydrogen (secondary N) is 1. The molecule has 2 aliphatic carbocycles. The predicted molar refractivity (Wildman–Crippen MR) is 125 cm³/mol. The Morgan fingerprint density at radius 3 is 2.71 bits per heavy atom. The van der Waals surface area contributed by atoms with Crippen LogP contribution in [0.4, 0.5) is 19.1 Å². The number of hydrogen-bond acceptors (Lipinski definition) is 5. The Balaban J connectivity index is 1.49. The quantitative estimate of drug-likeness (QED) is 0.497. The van der Waals surface area contributed by atoms with Crippen molar-refractivity contribution in [1.29, 1.82) is 0 Å². The van der Waals surface area contributed by atoms with E-state index >= 15 is 0 Å². The number of hydrogen-bond donors (Lipinski definition) is 1. The molecule has 4 rings (SSSR count). The zero-order valence-electron chi connectivity index (χ0n) is 20.1. The standard InChI is InChI=1S/C24H32F3N5O2/c1-6-16-17-11-32(20-10-14(3)31-34-20)12-18(17)22(16)30-23(28-5)29-21-13(2)8-7-9-19(21)33-15(4)24(25,26)27/h7-10,13,15-18,22H,6,11-12H2,1-5H3,(H,28,30)/t13?,15-,16-,17?,18-,22-/m1/s1. The van der Waals surface area contributed by atoms with Gasteiger partial charge in [0, 0.05) is 44.1 Å². The summed E-state index contributed by atoms with van der Waals surface area (Å²) in [4.78, 5) is 11.2. The van der Waals surface area contributed by atoms with Crippen LogP contribution in [0.5, 0.6) is 0 Å². The molecule has 1 aromatic rings. The lowest BCUT2D eigenvalue weighted by molar-refractivity contribution is -0.201. The van der Waals surface area contributed by atoms with Crippen molar-refractivity contribution in [3.63, 3.8) is 0 Å². The van der Waals surface area contributed by atoms with Gasteiger partial charge in [0.25, 0.3) is 0 Å². The first-order valence-electron chi connectivity index (χ1n) is 11.7. The first kappa shape index (κ1) is 24.3. The molecular formula is C24H32F3N5O2. The molecule has 2 heterocycles. The summed E-state index contributed by atoms with van der Waals surface area (Å²) in [6, 6.07) is 2.12. The highest BCUT2D eigenvalue weighted by Gasteiger charge is 2.54. The largest absolute Gasteiger partial charge is 0.479 e. The normalized spacial score (nSPS) is 31.2. The van der Waals surface area contributed by atoms with Gasteiger partial charge in [-0.25, -0.2) is 4.99 Å². The topological polar surface area (TPSA) is 75.3 Å². The van der Waals surface area contributed by atoms with Crippen molar-refractivity contribution in [2.24, 2.45) is 33.7 Å². The molecule has 0 radical (unpaired) electrons. The minimum atomic E-state index is -4.46. The second-order valence-electron chi connectivity index (χ2n) is 9.33. The van der Waals surface area contributed by atoms with Crippen molar-refractivity contribution in [3.8, 4) is 0 Å². The highest BCUT2D eigenvalue weighted by atomic mass is 19.4. The summed E-state index contributed by atoms with van der Waals surface area (Å²) in [5.41, 5.74) is 1.29. The van der Waals surface area contributed by atoms with E-state index in [1.807, 2.05) is 26.0 Å². The van der Waals surface area contributed by atoms with E-state index in [-0.39, 0.29) is 17.7 Å². The van der Waals surface area contributed by atoms with Gasteiger partial charge in [0.2, 0.25) is 11.8 Å². The summed E-state index contributed by atoms with van der Waals surface area (Å²) < 4.78 is 50.0. The molecule has 0 spiro atoms. The molecule has 3 aliphatic rings. The number of nitrogens with zero attached hydrogens (tertiary/aromatic N) is 4. The van der Waals surface area contributed by atoms with Crippen molar-refractivity contribution < 1.29 is 22.4 Å². The Morgan fingerprint density at radius 2 is 2.09 bits per heavy atom. The number of ether oxygens (including phenoxy) is 1. The maximum absolute atomic E-state index is 13.1. The molecule has 186 valence electrons. The Morgan fingerprint density at radius 1 is 1.35 bits per heavy atom. The Bertz CT molecular complexity index is 1010. The summed E-state index contributed by atoms with van der Waals surface area (Å²) in [6.45, 7) is 8.71. The van der Waals surface area contributed by atoms with Crippen LogP contribution in [0, 0.1) is 30.6 Å². The molecular weight excluding hydrogens is 447 g/mol. The zero-order valence-corrected chi connectivity index (χ0v) is 20.1. The molecule has 1 aliphatic heterocycles. The van der Waals surface area contributed by atoms with Gasteiger partial charge in [-0.2, -0.15) is 13.2 Å². The lowest BCUT2D eigenvalue weighted by Crippen LogP contribution is -2.59. The van der Waals surface area contributed by atoms with Gasteiger partial charge in [-0.3, -0.25) is 4.99 Å². The van der Waals surface area contributed by atoms with Crippen LogP contribution in [0.25, 0.3) is 0 Å². The average Bonchev–Trinajstić information content (AvgIpc) is 3.37. The Kier molecular flexibility index (Phi) is 6.78. The molecule has 0 amide bonds. The monoisotopic (exact) mass is 479 g/mol. The van der Waals surface area contributed by atoms with E-state index in [4.69, 9.17) is 9.26 Å². The molecule has 6 atom stereocenters. The lowest BCUT2D eigenvalue weighted by Gasteiger charge is -2.48. The molecule has 2 fully saturated rings. The van der Waals surface area contributed by atoms with Gasteiger partial charge in [-0.15, -0.1) is 0 Å². The van der Waals surface area contributed by atoms with Crippen LogP contribution in [0.2, 0.25) is 0 Å². The number of aliphatic imine (C=N–C) groups is 2. The smallest absolute Gasteiger partial charge is 0.425 e. The van der Waals surface area contributed by atoms with E-state index in [0.717, 1.165) is 38.0 Å². The average molecular weight is 480 g/mol. The van der Waals surface area contributed by atoms with E-state index in [2.05, 4.69) is 32.3 Å². The lowest BCUT2D eigenvalue weighted by atomic mass is 9.61. The second kappa shape index (κ2) is 9.46. The van der Waals surface area contributed by atoms with Crippen molar-refractivity contribution in [2.45, 2.75) is 52.4 Å². The van der Waals surface area contributed by atoms with E-state index in [9.17, 15) is 13.2 Å². The summed E-state index contributed by atoms with van der Waals surface area (Å²) in [6.07, 6.45) is -0.288. The van der Waals surface area contributed by atoms with Crippen LogP contribution in [-0.2, 0) is 4.74 Å². The van der Waals surface area contributed by atoms with Crippen molar-refractivity contribution in [3.05, 3.63) is 35.7 Å². The first-order chi connectivity index (χ1) is 16.1. The number of aromatic nitrogens is 1. The van der Waals surface area contributed by atoms with Crippen LogP contribution in [0.3, 0.4) is 0 Å². The van der Waals surface area contributed by atoms with Gasteiger partial charge in [-0.05, 0) is 31.8 Å². The molecule has 0 bridgehead atoms. The number of halogens is 3. The van der Waals surface area contributed by atoms with Crippen molar-refractivity contribution in [1.82, 2.24) is 10.5 Å². The summed E-state index contributed by atoms with van der Waals surface area (Å²) >= 11 is 0. The number of rotatable bonds is 5. The van der Waals surface area contributed by atoms with E-state index in [1.165, 1.54) is 6.08 Å². The van der Waals surface area contributed by atoms with Gasteiger partial charge in [0.05, 0.1) is 11.4 Å². The molecule has 10 heteroatoms. The fourth-order valence-corrected chi connectivity index (χ4v) is 5.21. The highest BCUT2D eigenvalue weighted by molar-refractivity contribution is 6.08. The van der Waals surface area contributed by atoms with Crippen LogP contribution < -0.4 is 10.2 Å². The predicted octanol–water partition coefficient (Wildman–Crippen LogP) is 4.52. The van der Waals surface area contributed by atoms with Crippen LogP contribution in [0.1, 0.15) is 32.9 Å². The fraction of sp³-hybridized carbons (Fsp3) is 0.625. The summed E-state index contributed by atoms with van der Waals surface area (Å²) in [7, 11) is 1.63. The maximum Gasteiger partial charge on any atom is 0.425 e. The zero-order chi connectivity index (χ0) is 24.6. The summed E-state index contributed by atoms with van der Waals surface area (Å²) in [5, 5.41) is 7.49. The van der Waals surface area contributed by atoms with Crippen LogP contribution >= 0.6 is 0 Å². The van der Waals surface area contributed by atoms with Crippen molar-refractivity contribution >= 4 is 17.6 Å². The number of alkyl halides is 3. The molecule has 1 saturated heterocycles. The molecule has 1 aromatic heterocycles. The van der Waals surface area contributed by atoms with Gasteiger partial charge in [0.15, 0.2) is 6.10 Å². The first-order valence-corrected chi connectivity index (χ1v) is 11.7. The summed E-state index contributed by atoms with van der Waals surface area (Å²) in [5.74, 6) is 2.48. The Labute approximate surface area is 197 Å². The fourth-order valence-electron chi connectivity index (χ4n) is 5.21. The van der Waals surface area contributed by atoms with Crippen molar-refractivity contribution in [2.75, 3.05) is 25.0 Å². The molecule has 7 nitrogen and oxygen atoms in total. The van der Waals surface area contributed by atoms with E-state index < -0.39 is 12.3 Å². The Hall–Kier alpha value is -2.78. The van der Waals surface area contributed by atoms with Gasteiger partial charge in [-0.1, -0.05) is 37.6 Å². The highest BCUT2D eigenvalue weighted by Crippen LogP contribution is 2.48.